The molecule has 1 aromatic heterocycles. The first kappa shape index (κ1) is 13.6. The number of methoxy groups -OCH3 is 1. The molecule has 0 atom stereocenters. The van der Waals surface area contributed by atoms with Gasteiger partial charge in [0.2, 0.25) is 0 Å². The number of aryl methyl sites for hydroxylation is 1. The number of benzene rings is 1. The molecule has 3 rings (SSSR count). The third kappa shape index (κ3) is 1.95. The molecule has 4 nitrogen and oxygen atoms in total. The van der Waals surface area contributed by atoms with Gasteiger partial charge in [0, 0.05) is 11.0 Å². The molecule has 1 heterocycles. The van der Waals surface area contributed by atoms with Crippen LogP contribution in [0.5, 0.6) is 0 Å². The van der Waals surface area contributed by atoms with Crippen LogP contribution in [-0.4, -0.2) is 22.6 Å². The standard InChI is InChI=1S/C15H17BrN2O2/c1-3-8-18-12-5-4-10(16)9-11(12)17-13(18)15(6-7-15)14(19)20-2/h4-5,9H,3,6-8H2,1-2H3. The van der Waals surface area contributed by atoms with Gasteiger partial charge in [0.25, 0.3) is 0 Å². The van der Waals surface area contributed by atoms with Gasteiger partial charge in [0.15, 0.2) is 0 Å². The molecule has 0 amide bonds. The van der Waals surface area contributed by atoms with Gasteiger partial charge < -0.3 is 9.30 Å². The largest absolute Gasteiger partial charge is 0.468 e. The molecular weight excluding hydrogens is 320 g/mol. The predicted octanol–water partition coefficient (Wildman–Crippen LogP) is 3.41. The van der Waals surface area contributed by atoms with Gasteiger partial charge in [-0.3, -0.25) is 4.79 Å². The lowest BCUT2D eigenvalue weighted by Crippen LogP contribution is -2.26. The Morgan fingerprint density at radius 2 is 2.25 bits per heavy atom. The van der Waals surface area contributed by atoms with Gasteiger partial charge in [0.05, 0.1) is 18.1 Å². The molecule has 0 spiro atoms. The molecule has 0 unspecified atom stereocenters. The van der Waals surface area contributed by atoms with Crippen molar-refractivity contribution in [2.24, 2.45) is 0 Å². The molecule has 0 N–H and O–H groups in total. The average molecular weight is 337 g/mol. The van der Waals surface area contributed by atoms with Crippen LogP contribution in [0.25, 0.3) is 11.0 Å². The first-order valence-corrected chi connectivity index (χ1v) is 7.66. The molecule has 1 aliphatic carbocycles. The third-order valence-electron chi connectivity index (χ3n) is 3.91. The van der Waals surface area contributed by atoms with Crippen LogP contribution in [0, 0.1) is 0 Å². The number of hydrogen-bond donors (Lipinski definition) is 0. The summed E-state index contributed by atoms with van der Waals surface area (Å²) in [5, 5.41) is 0. The second-order valence-corrected chi connectivity index (χ2v) is 6.21. The molecule has 20 heavy (non-hydrogen) atoms. The lowest BCUT2D eigenvalue weighted by atomic mass is 10.1. The van der Waals surface area contributed by atoms with Crippen LogP contribution in [0.15, 0.2) is 22.7 Å². The van der Waals surface area contributed by atoms with E-state index in [1.165, 1.54) is 7.11 Å². The van der Waals surface area contributed by atoms with Crippen LogP contribution in [0.4, 0.5) is 0 Å². The quantitative estimate of drug-likeness (QED) is 0.803. The maximum atomic E-state index is 12.1. The lowest BCUT2D eigenvalue weighted by Gasteiger charge is -2.14. The number of aromatic nitrogens is 2. The van der Waals surface area contributed by atoms with E-state index < -0.39 is 5.41 Å². The lowest BCUT2D eigenvalue weighted by molar-refractivity contribution is -0.144. The molecule has 0 saturated heterocycles. The Bertz CT molecular complexity index is 674. The van der Waals surface area contributed by atoms with E-state index >= 15 is 0 Å². The molecule has 1 saturated carbocycles. The summed E-state index contributed by atoms with van der Waals surface area (Å²) in [6.07, 6.45) is 2.66. The molecule has 0 bridgehead atoms. The maximum absolute atomic E-state index is 12.1. The van der Waals surface area contributed by atoms with Gasteiger partial charge in [-0.1, -0.05) is 22.9 Å². The molecule has 1 aromatic carbocycles. The second kappa shape index (κ2) is 4.88. The number of carbonyl (C=O) groups is 1. The number of esters is 1. The van der Waals surface area contributed by atoms with Gasteiger partial charge in [-0.25, -0.2) is 4.98 Å². The number of rotatable bonds is 4. The Morgan fingerprint density at radius 3 is 2.85 bits per heavy atom. The molecular formula is C15H17BrN2O2. The molecule has 0 radical (unpaired) electrons. The van der Waals surface area contributed by atoms with Crippen molar-refractivity contribution in [3.05, 3.63) is 28.5 Å². The average Bonchev–Trinajstić information content (AvgIpc) is 3.17. The number of fused-ring (bicyclic) bond motifs is 1. The van der Waals surface area contributed by atoms with Crippen LogP contribution in [0.3, 0.4) is 0 Å². The van der Waals surface area contributed by atoms with E-state index in [-0.39, 0.29) is 5.97 Å². The SMILES string of the molecule is CCCn1c(C2(C(=O)OC)CC2)nc2cc(Br)ccc21. The summed E-state index contributed by atoms with van der Waals surface area (Å²) in [5.41, 5.74) is 1.49. The molecule has 2 aromatic rings. The second-order valence-electron chi connectivity index (χ2n) is 5.29. The summed E-state index contributed by atoms with van der Waals surface area (Å²) in [5.74, 6) is 0.698. The summed E-state index contributed by atoms with van der Waals surface area (Å²) >= 11 is 3.47. The van der Waals surface area contributed by atoms with Crippen molar-refractivity contribution in [2.75, 3.05) is 7.11 Å². The Balaban J connectivity index is 2.19. The predicted molar refractivity (Wildman–Crippen MR) is 80.7 cm³/mol. The highest BCUT2D eigenvalue weighted by Crippen LogP contribution is 2.49. The van der Waals surface area contributed by atoms with Gasteiger partial charge >= 0.3 is 5.97 Å². The minimum Gasteiger partial charge on any atom is -0.468 e. The Labute approximate surface area is 126 Å². The highest BCUT2D eigenvalue weighted by Gasteiger charge is 2.56. The van der Waals surface area contributed by atoms with E-state index in [1.54, 1.807) is 0 Å². The van der Waals surface area contributed by atoms with E-state index in [0.29, 0.717) is 0 Å². The van der Waals surface area contributed by atoms with Crippen LogP contribution in [0.2, 0.25) is 0 Å². The monoisotopic (exact) mass is 336 g/mol. The minimum absolute atomic E-state index is 0.163. The van der Waals surface area contributed by atoms with Crippen molar-refractivity contribution in [3.63, 3.8) is 0 Å². The van der Waals surface area contributed by atoms with Crippen LogP contribution in [-0.2, 0) is 21.5 Å². The normalized spacial score (nSPS) is 16.4. The van der Waals surface area contributed by atoms with Crippen LogP contribution < -0.4 is 0 Å². The van der Waals surface area contributed by atoms with Crippen molar-refractivity contribution < 1.29 is 9.53 Å². The Morgan fingerprint density at radius 1 is 1.50 bits per heavy atom. The van der Waals surface area contributed by atoms with Gasteiger partial charge in [-0.2, -0.15) is 0 Å². The zero-order valence-electron chi connectivity index (χ0n) is 11.6. The smallest absolute Gasteiger partial charge is 0.319 e. The van der Waals surface area contributed by atoms with Crippen LogP contribution >= 0.6 is 15.9 Å². The molecule has 0 aliphatic heterocycles. The van der Waals surface area contributed by atoms with Gasteiger partial charge in [-0.05, 0) is 37.5 Å². The Hall–Kier alpha value is -1.36. The van der Waals surface area contributed by atoms with E-state index in [2.05, 4.69) is 33.5 Å². The Kier molecular flexibility index (Phi) is 3.32. The molecule has 1 aliphatic rings. The number of hydrogen-bond acceptors (Lipinski definition) is 3. The molecule has 1 fully saturated rings. The fourth-order valence-corrected chi connectivity index (χ4v) is 3.11. The number of carbonyl (C=O) groups excluding carboxylic acids is 1. The molecule has 106 valence electrons. The van der Waals surface area contributed by atoms with E-state index in [0.717, 1.165) is 47.1 Å². The number of nitrogens with zero attached hydrogens (tertiary/aromatic N) is 2. The zero-order valence-corrected chi connectivity index (χ0v) is 13.2. The summed E-state index contributed by atoms with van der Waals surface area (Å²) in [6, 6.07) is 6.06. The summed E-state index contributed by atoms with van der Waals surface area (Å²) in [7, 11) is 1.45. The zero-order chi connectivity index (χ0) is 14.3. The first-order chi connectivity index (χ1) is 9.62. The summed E-state index contributed by atoms with van der Waals surface area (Å²) < 4.78 is 8.16. The van der Waals surface area contributed by atoms with Crippen LogP contribution in [0.1, 0.15) is 32.0 Å². The van der Waals surface area contributed by atoms with Crippen molar-refractivity contribution in [2.45, 2.75) is 38.1 Å². The number of halogens is 1. The van der Waals surface area contributed by atoms with Gasteiger partial charge in [-0.15, -0.1) is 0 Å². The third-order valence-corrected chi connectivity index (χ3v) is 4.40. The van der Waals surface area contributed by atoms with Crippen molar-refractivity contribution in [3.8, 4) is 0 Å². The number of ether oxygens (including phenoxy) is 1. The fraction of sp³-hybridized carbons (Fsp3) is 0.467. The van der Waals surface area contributed by atoms with Crippen molar-refractivity contribution in [1.29, 1.82) is 0 Å². The van der Waals surface area contributed by atoms with Gasteiger partial charge in [0.1, 0.15) is 11.2 Å². The van der Waals surface area contributed by atoms with Crippen molar-refractivity contribution >= 4 is 32.9 Å². The fourth-order valence-electron chi connectivity index (χ4n) is 2.76. The minimum atomic E-state index is -0.518. The van der Waals surface area contributed by atoms with E-state index in [4.69, 9.17) is 9.72 Å². The van der Waals surface area contributed by atoms with Crippen molar-refractivity contribution in [1.82, 2.24) is 9.55 Å². The summed E-state index contributed by atoms with van der Waals surface area (Å²) in [6.45, 7) is 3.00. The summed E-state index contributed by atoms with van der Waals surface area (Å²) in [4.78, 5) is 16.8. The maximum Gasteiger partial charge on any atom is 0.319 e. The first-order valence-electron chi connectivity index (χ1n) is 6.87. The highest BCUT2D eigenvalue weighted by atomic mass is 79.9. The van der Waals surface area contributed by atoms with E-state index in [1.807, 2.05) is 12.1 Å². The van der Waals surface area contributed by atoms with E-state index in [9.17, 15) is 4.79 Å². The molecule has 5 heteroatoms. The topological polar surface area (TPSA) is 44.1 Å². The highest BCUT2D eigenvalue weighted by molar-refractivity contribution is 9.10. The number of imidazole rings is 1.